The smallest absolute Gasteiger partial charge is 0.271 e. The van der Waals surface area contributed by atoms with Gasteiger partial charge in [0.15, 0.2) is 0 Å². The molecule has 0 aliphatic carbocycles. The standard InChI is InChI=1S/C19H17N3O5/c1-12-4-5-15(22(24)25)10-17(12)21-19(23)14(11-20)8-13-9-16(26-2)6-7-18(13)27-3/h4-10H,1-3H3,(H,21,23)/b14-8+. The molecule has 0 aromatic heterocycles. The minimum Gasteiger partial charge on any atom is -0.497 e. The minimum absolute atomic E-state index is 0.159. The highest BCUT2D eigenvalue weighted by Gasteiger charge is 2.15. The molecule has 0 heterocycles. The van der Waals surface area contributed by atoms with Crippen molar-refractivity contribution in [1.29, 1.82) is 5.26 Å². The van der Waals surface area contributed by atoms with Crippen molar-refractivity contribution >= 4 is 23.4 Å². The van der Waals surface area contributed by atoms with Gasteiger partial charge in [0, 0.05) is 17.7 Å². The van der Waals surface area contributed by atoms with Crippen molar-refractivity contribution in [2.24, 2.45) is 0 Å². The zero-order valence-electron chi connectivity index (χ0n) is 15.0. The van der Waals surface area contributed by atoms with Gasteiger partial charge in [0.25, 0.3) is 11.6 Å². The van der Waals surface area contributed by atoms with Crippen LogP contribution in [0, 0.1) is 28.4 Å². The van der Waals surface area contributed by atoms with Crippen LogP contribution in [-0.2, 0) is 4.79 Å². The molecule has 0 saturated heterocycles. The van der Waals surface area contributed by atoms with E-state index < -0.39 is 10.8 Å². The number of carbonyl (C=O) groups excluding carboxylic acids is 1. The molecule has 0 fully saturated rings. The molecular formula is C19H17N3O5. The molecule has 8 heteroatoms. The summed E-state index contributed by atoms with van der Waals surface area (Å²) in [5, 5.41) is 22.8. The lowest BCUT2D eigenvalue weighted by molar-refractivity contribution is -0.384. The molecule has 2 rings (SSSR count). The third kappa shape index (κ3) is 4.61. The van der Waals surface area contributed by atoms with Gasteiger partial charge in [0.05, 0.1) is 24.8 Å². The molecule has 1 N–H and O–H groups in total. The van der Waals surface area contributed by atoms with Crippen LogP contribution >= 0.6 is 0 Å². The summed E-state index contributed by atoms with van der Waals surface area (Å²) < 4.78 is 10.4. The molecule has 8 nitrogen and oxygen atoms in total. The highest BCUT2D eigenvalue weighted by molar-refractivity contribution is 6.10. The van der Waals surface area contributed by atoms with E-state index in [2.05, 4.69) is 5.32 Å². The Morgan fingerprint density at radius 1 is 1.22 bits per heavy atom. The van der Waals surface area contributed by atoms with Crippen molar-refractivity contribution in [2.75, 3.05) is 19.5 Å². The SMILES string of the molecule is COc1ccc(OC)c(/C=C(\C#N)C(=O)Nc2cc([N+](=O)[O-])ccc2C)c1. The maximum absolute atomic E-state index is 12.5. The lowest BCUT2D eigenvalue weighted by atomic mass is 10.1. The Hall–Kier alpha value is -3.86. The summed E-state index contributed by atoms with van der Waals surface area (Å²) in [6.45, 7) is 1.69. The molecule has 0 atom stereocenters. The van der Waals surface area contributed by atoms with E-state index in [1.807, 2.05) is 6.07 Å². The van der Waals surface area contributed by atoms with Crippen LogP contribution in [0.25, 0.3) is 6.08 Å². The highest BCUT2D eigenvalue weighted by Crippen LogP contribution is 2.27. The van der Waals surface area contributed by atoms with E-state index >= 15 is 0 Å². The molecule has 2 aromatic carbocycles. The maximum Gasteiger partial charge on any atom is 0.271 e. The predicted octanol–water partition coefficient (Wildman–Crippen LogP) is 3.47. The zero-order chi connectivity index (χ0) is 20.0. The Morgan fingerprint density at radius 2 is 1.96 bits per heavy atom. The van der Waals surface area contributed by atoms with Gasteiger partial charge in [0.2, 0.25) is 0 Å². The number of anilines is 1. The second-order valence-corrected chi connectivity index (χ2v) is 5.49. The quantitative estimate of drug-likeness (QED) is 0.362. The van der Waals surface area contributed by atoms with E-state index in [9.17, 15) is 20.2 Å². The van der Waals surface area contributed by atoms with Gasteiger partial charge in [-0.2, -0.15) is 5.26 Å². The molecule has 0 unspecified atom stereocenters. The zero-order valence-corrected chi connectivity index (χ0v) is 15.0. The largest absolute Gasteiger partial charge is 0.497 e. The van der Waals surface area contributed by atoms with Gasteiger partial charge in [0.1, 0.15) is 23.1 Å². The number of methoxy groups -OCH3 is 2. The van der Waals surface area contributed by atoms with Crippen molar-refractivity contribution in [3.8, 4) is 17.6 Å². The highest BCUT2D eigenvalue weighted by atomic mass is 16.6. The van der Waals surface area contributed by atoms with E-state index in [1.54, 1.807) is 25.1 Å². The molecule has 1 amide bonds. The number of carbonyl (C=O) groups is 1. The topological polar surface area (TPSA) is 114 Å². The number of nitro benzene ring substituents is 1. The molecule has 0 aliphatic heterocycles. The second kappa shape index (κ2) is 8.49. The summed E-state index contributed by atoms with van der Waals surface area (Å²) in [7, 11) is 2.97. The monoisotopic (exact) mass is 367 g/mol. The molecule has 2 aromatic rings. The van der Waals surface area contributed by atoms with E-state index in [-0.39, 0.29) is 16.9 Å². The second-order valence-electron chi connectivity index (χ2n) is 5.49. The fourth-order valence-corrected chi connectivity index (χ4v) is 2.30. The molecule has 27 heavy (non-hydrogen) atoms. The first-order chi connectivity index (χ1) is 12.9. The van der Waals surface area contributed by atoms with Crippen molar-refractivity contribution in [2.45, 2.75) is 6.92 Å². The third-order valence-corrected chi connectivity index (χ3v) is 3.78. The van der Waals surface area contributed by atoms with Crippen LogP contribution in [0.5, 0.6) is 11.5 Å². The number of rotatable bonds is 6. The summed E-state index contributed by atoms with van der Waals surface area (Å²) in [5.74, 6) is 0.308. The first-order valence-electron chi connectivity index (χ1n) is 7.79. The number of amides is 1. The Kier molecular flexibility index (Phi) is 6.12. The van der Waals surface area contributed by atoms with E-state index in [0.717, 1.165) is 0 Å². The van der Waals surface area contributed by atoms with Crippen LogP contribution < -0.4 is 14.8 Å². The first-order valence-corrected chi connectivity index (χ1v) is 7.79. The number of nitrogens with one attached hydrogen (secondary N) is 1. The molecular weight excluding hydrogens is 350 g/mol. The van der Waals surface area contributed by atoms with Crippen LogP contribution in [0.4, 0.5) is 11.4 Å². The van der Waals surface area contributed by atoms with E-state index in [4.69, 9.17) is 9.47 Å². The van der Waals surface area contributed by atoms with Crippen molar-refractivity contribution in [3.63, 3.8) is 0 Å². The number of hydrogen-bond acceptors (Lipinski definition) is 6. The average Bonchev–Trinajstić information content (AvgIpc) is 2.67. The lowest BCUT2D eigenvalue weighted by Gasteiger charge is -2.09. The van der Waals surface area contributed by atoms with Gasteiger partial charge < -0.3 is 14.8 Å². The molecule has 0 saturated carbocycles. The van der Waals surface area contributed by atoms with Gasteiger partial charge in [-0.1, -0.05) is 6.07 Å². The number of hydrogen-bond donors (Lipinski definition) is 1. The van der Waals surface area contributed by atoms with Gasteiger partial charge in [-0.05, 0) is 36.8 Å². The van der Waals surface area contributed by atoms with Gasteiger partial charge in [-0.25, -0.2) is 0 Å². The van der Waals surface area contributed by atoms with E-state index in [0.29, 0.717) is 22.6 Å². The molecule has 0 aliphatic rings. The molecule has 0 radical (unpaired) electrons. The number of aryl methyl sites for hydroxylation is 1. The minimum atomic E-state index is -0.689. The number of ether oxygens (including phenoxy) is 2. The van der Waals surface area contributed by atoms with Gasteiger partial charge in [-0.3, -0.25) is 14.9 Å². The Morgan fingerprint density at radius 3 is 2.56 bits per heavy atom. The van der Waals surface area contributed by atoms with Crippen LogP contribution in [0.15, 0.2) is 42.0 Å². The van der Waals surface area contributed by atoms with E-state index in [1.165, 1.54) is 38.5 Å². The summed E-state index contributed by atoms with van der Waals surface area (Å²) >= 11 is 0. The predicted molar refractivity (Wildman–Crippen MR) is 99.6 cm³/mol. The molecule has 0 spiro atoms. The maximum atomic E-state index is 12.5. The molecule has 0 bridgehead atoms. The summed E-state index contributed by atoms with van der Waals surface area (Å²) in [5.41, 5.74) is 1.03. The Bertz CT molecular complexity index is 960. The molecule has 138 valence electrons. The summed E-state index contributed by atoms with van der Waals surface area (Å²) in [6, 6.07) is 10.9. The summed E-state index contributed by atoms with van der Waals surface area (Å²) in [4.78, 5) is 22.8. The number of nitrogens with zero attached hydrogens (tertiary/aromatic N) is 2. The van der Waals surface area contributed by atoms with Crippen LogP contribution in [0.2, 0.25) is 0 Å². The lowest BCUT2D eigenvalue weighted by Crippen LogP contribution is -2.14. The normalized spacial score (nSPS) is 10.7. The first kappa shape index (κ1) is 19.5. The fourth-order valence-electron chi connectivity index (χ4n) is 2.30. The number of non-ortho nitro benzene ring substituents is 1. The Labute approximate surface area is 155 Å². The number of benzene rings is 2. The van der Waals surface area contributed by atoms with Crippen LogP contribution in [0.1, 0.15) is 11.1 Å². The van der Waals surface area contributed by atoms with Crippen molar-refractivity contribution < 1.29 is 19.2 Å². The van der Waals surface area contributed by atoms with Crippen LogP contribution in [-0.4, -0.2) is 25.1 Å². The third-order valence-electron chi connectivity index (χ3n) is 3.78. The van der Waals surface area contributed by atoms with Crippen molar-refractivity contribution in [3.05, 3.63) is 63.2 Å². The number of nitro groups is 1. The summed E-state index contributed by atoms with van der Waals surface area (Å²) in [6.07, 6.45) is 1.36. The fraction of sp³-hybridized carbons (Fsp3) is 0.158. The Balaban J connectivity index is 2.37. The van der Waals surface area contributed by atoms with Crippen LogP contribution in [0.3, 0.4) is 0 Å². The number of nitriles is 1. The van der Waals surface area contributed by atoms with Gasteiger partial charge in [-0.15, -0.1) is 0 Å². The van der Waals surface area contributed by atoms with Gasteiger partial charge >= 0.3 is 0 Å². The average molecular weight is 367 g/mol. The van der Waals surface area contributed by atoms with Crippen molar-refractivity contribution in [1.82, 2.24) is 0 Å².